The van der Waals surface area contributed by atoms with E-state index in [9.17, 15) is 4.79 Å². The molecule has 0 saturated carbocycles. The fourth-order valence-electron chi connectivity index (χ4n) is 1.47. The number of para-hydroxylation sites is 1. The van der Waals surface area contributed by atoms with Gasteiger partial charge >= 0.3 is 5.97 Å². The molecule has 0 spiro atoms. The molecule has 0 aliphatic carbocycles. The number of nitrogens with two attached hydrogens (primary N) is 1. The van der Waals surface area contributed by atoms with Gasteiger partial charge in [0.2, 0.25) is 0 Å². The van der Waals surface area contributed by atoms with Gasteiger partial charge in [-0.05, 0) is 19.1 Å². The first-order valence-corrected chi connectivity index (χ1v) is 5.46. The van der Waals surface area contributed by atoms with E-state index < -0.39 is 5.97 Å². The predicted molar refractivity (Wildman–Crippen MR) is 65.7 cm³/mol. The molecule has 2 N–H and O–H groups in total. The largest absolute Gasteiger partial charge is 0.454 e. The summed E-state index contributed by atoms with van der Waals surface area (Å²) >= 11 is 0. The van der Waals surface area contributed by atoms with E-state index in [1.54, 1.807) is 28.8 Å². The number of hydrogen-bond acceptors (Lipinski definition) is 5. The Hall–Kier alpha value is -2.37. The van der Waals surface area contributed by atoms with Crippen LogP contribution in [0.2, 0.25) is 0 Å². The van der Waals surface area contributed by atoms with Crippen molar-refractivity contribution in [3.05, 3.63) is 41.5 Å². The molecule has 6 nitrogen and oxygen atoms in total. The third kappa shape index (κ3) is 2.32. The van der Waals surface area contributed by atoms with Crippen LogP contribution in [0.15, 0.2) is 24.3 Å². The highest BCUT2D eigenvalue weighted by Gasteiger charge is 2.12. The molecule has 18 heavy (non-hydrogen) atoms. The Bertz CT molecular complexity index is 577. The SMILES string of the molecule is Cc1nnc(COC(=O)c2ccccc2N)n1C. The van der Waals surface area contributed by atoms with Crippen molar-refractivity contribution >= 4 is 11.7 Å². The highest BCUT2D eigenvalue weighted by molar-refractivity contribution is 5.94. The van der Waals surface area contributed by atoms with Gasteiger partial charge in [-0.15, -0.1) is 10.2 Å². The maximum absolute atomic E-state index is 11.8. The van der Waals surface area contributed by atoms with Gasteiger partial charge < -0.3 is 15.0 Å². The molecule has 94 valence electrons. The molecule has 0 bridgehead atoms. The quantitative estimate of drug-likeness (QED) is 0.646. The van der Waals surface area contributed by atoms with Crippen molar-refractivity contribution in [2.24, 2.45) is 7.05 Å². The molecule has 2 rings (SSSR count). The van der Waals surface area contributed by atoms with Crippen LogP contribution in [0.3, 0.4) is 0 Å². The zero-order valence-corrected chi connectivity index (χ0v) is 10.3. The first kappa shape index (κ1) is 12.1. The normalized spacial score (nSPS) is 10.3. The number of rotatable bonds is 3. The number of anilines is 1. The van der Waals surface area contributed by atoms with Crippen LogP contribution >= 0.6 is 0 Å². The highest BCUT2D eigenvalue weighted by Crippen LogP contribution is 2.12. The Morgan fingerprint density at radius 1 is 1.39 bits per heavy atom. The van der Waals surface area contributed by atoms with Gasteiger partial charge in [0.25, 0.3) is 0 Å². The van der Waals surface area contributed by atoms with Crippen molar-refractivity contribution in [3.8, 4) is 0 Å². The number of aryl methyl sites for hydroxylation is 1. The minimum absolute atomic E-state index is 0.0739. The average molecular weight is 246 g/mol. The van der Waals surface area contributed by atoms with Crippen molar-refractivity contribution < 1.29 is 9.53 Å². The lowest BCUT2D eigenvalue weighted by Crippen LogP contribution is -2.10. The molecule has 2 aromatic rings. The zero-order valence-electron chi connectivity index (χ0n) is 10.3. The third-order valence-electron chi connectivity index (χ3n) is 2.70. The second-order valence-corrected chi connectivity index (χ2v) is 3.89. The number of nitrogen functional groups attached to an aromatic ring is 1. The minimum atomic E-state index is -0.464. The number of carbonyl (C=O) groups is 1. The molecular weight excluding hydrogens is 232 g/mol. The van der Waals surface area contributed by atoms with Crippen molar-refractivity contribution in [1.82, 2.24) is 14.8 Å². The van der Waals surface area contributed by atoms with Gasteiger partial charge in [-0.3, -0.25) is 0 Å². The van der Waals surface area contributed by atoms with Crippen LogP contribution in [0.25, 0.3) is 0 Å². The van der Waals surface area contributed by atoms with Gasteiger partial charge in [0.05, 0.1) is 5.56 Å². The summed E-state index contributed by atoms with van der Waals surface area (Å²) in [4.78, 5) is 11.8. The molecular formula is C12H14N4O2. The lowest BCUT2D eigenvalue weighted by Gasteiger charge is -2.06. The highest BCUT2D eigenvalue weighted by atomic mass is 16.5. The van der Waals surface area contributed by atoms with Crippen molar-refractivity contribution in [1.29, 1.82) is 0 Å². The second-order valence-electron chi connectivity index (χ2n) is 3.89. The van der Waals surface area contributed by atoms with Crippen LogP contribution in [0.5, 0.6) is 0 Å². The van der Waals surface area contributed by atoms with Crippen LogP contribution in [-0.4, -0.2) is 20.7 Å². The summed E-state index contributed by atoms with van der Waals surface area (Å²) < 4.78 is 6.91. The molecule has 0 saturated heterocycles. The molecule has 1 aromatic heterocycles. The first-order valence-electron chi connectivity index (χ1n) is 5.46. The second kappa shape index (κ2) is 4.87. The van der Waals surface area contributed by atoms with Crippen LogP contribution < -0.4 is 5.73 Å². The summed E-state index contributed by atoms with van der Waals surface area (Å²) in [6.07, 6.45) is 0. The molecule has 0 radical (unpaired) electrons. The lowest BCUT2D eigenvalue weighted by atomic mass is 10.2. The Balaban J connectivity index is 2.05. The summed E-state index contributed by atoms with van der Waals surface area (Å²) in [5.74, 6) is 0.893. The molecule has 1 aromatic carbocycles. The molecule has 0 atom stereocenters. The minimum Gasteiger partial charge on any atom is -0.454 e. The molecule has 0 aliphatic heterocycles. The summed E-state index contributed by atoms with van der Waals surface area (Å²) in [5, 5.41) is 7.79. The van der Waals surface area contributed by atoms with E-state index in [2.05, 4.69) is 10.2 Å². The van der Waals surface area contributed by atoms with Crippen LogP contribution in [-0.2, 0) is 18.4 Å². The van der Waals surface area contributed by atoms with Crippen LogP contribution in [0.4, 0.5) is 5.69 Å². The zero-order chi connectivity index (χ0) is 13.1. The number of esters is 1. The number of hydrogen-bond donors (Lipinski definition) is 1. The average Bonchev–Trinajstić information content (AvgIpc) is 2.68. The van der Waals surface area contributed by atoms with E-state index in [1.165, 1.54) is 0 Å². The lowest BCUT2D eigenvalue weighted by molar-refractivity contribution is 0.0460. The molecule has 0 fully saturated rings. The topological polar surface area (TPSA) is 83.0 Å². The molecule has 0 unspecified atom stereocenters. The van der Waals surface area contributed by atoms with Crippen molar-refractivity contribution in [2.45, 2.75) is 13.5 Å². The predicted octanol–water partition coefficient (Wildman–Crippen LogP) is 1.06. The number of ether oxygens (including phenoxy) is 1. The van der Waals surface area contributed by atoms with Gasteiger partial charge in [0.1, 0.15) is 5.82 Å². The summed E-state index contributed by atoms with van der Waals surface area (Å²) in [5.41, 5.74) is 6.45. The van der Waals surface area contributed by atoms with E-state index in [-0.39, 0.29) is 6.61 Å². The standard InChI is InChI=1S/C12H14N4O2/c1-8-14-15-11(16(8)2)7-18-12(17)9-5-3-4-6-10(9)13/h3-6H,7,13H2,1-2H3. The van der Waals surface area contributed by atoms with Crippen LogP contribution in [0.1, 0.15) is 22.0 Å². The van der Waals surface area contributed by atoms with E-state index in [1.807, 2.05) is 14.0 Å². The Labute approximate surface area is 104 Å². The summed E-state index contributed by atoms with van der Waals surface area (Å²) in [6, 6.07) is 6.78. The Morgan fingerprint density at radius 2 is 2.11 bits per heavy atom. The fraction of sp³-hybridized carbons (Fsp3) is 0.250. The van der Waals surface area contributed by atoms with Gasteiger partial charge in [0.15, 0.2) is 12.4 Å². The van der Waals surface area contributed by atoms with Crippen LogP contribution in [0, 0.1) is 6.92 Å². The van der Waals surface area contributed by atoms with Gasteiger partial charge in [-0.2, -0.15) is 0 Å². The maximum Gasteiger partial charge on any atom is 0.340 e. The Kier molecular flexibility index (Phi) is 3.27. The number of nitrogens with zero attached hydrogens (tertiary/aromatic N) is 3. The van der Waals surface area contributed by atoms with Crippen molar-refractivity contribution in [3.63, 3.8) is 0 Å². The molecule has 1 heterocycles. The smallest absolute Gasteiger partial charge is 0.340 e. The van der Waals surface area contributed by atoms with E-state index in [0.717, 1.165) is 5.82 Å². The fourth-order valence-corrected chi connectivity index (χ4v) is 1.47. The Morgan fingerprint density at radius 3 is 2.72 bits per heavy atom. The van der Waals surface area contributed by atoms with Gasteiger partial charge in [-0.25, -0.2) is 4.79 Å². The summed E-state index contributed by atoms with van der Waals surface area (Å²) in [7, 11) is 1.81. The van der Waals surface area contributed by atoms with E-state index in [0.29, 0.717) is 17.1 Å². The van der Waals surface area contributed by atoms with E-state index >= 15 is 0 Å². The molecule has 6 heteroatoms. The van der Waals surface area contributed by atoms with E-state index in [4.69, 9.17) is 10.5 Å². The third-order valence-corrected chi connectivity index (χ3v) is 2.70. The molecule has 0 amide bonds. The first-order chi connectivity index (χ1) is 8.59. The van der Waals surface area contributed by atoms with Gasteiger partial charge in [0, 0.05) is 12.7 Å². The number of carbonyl (C=O) groups excluding carboxylic acids is 1. The maximum atomic E-state index is 11.8. The molecule has 0 aliphatic rings. The van der Waals surface area contributed by atoms with Crippen molar-refractivity contribution in [2.75, 3.05) is 5.73 Å². The number of benzene rings is 1. The number of aromatic nitrogens is 3. The van der Waals surface area contributed by atoms with Gasteiger partial charge in [-0.1, -0.05) is 12.1 Å². The summed E-state index contributed by atoms with van der Waals surface area (Å²) in [6.45, 7) is 1.90. The monoisotopic (exact) mass is 246 g/mol.